The molecule has 2 N–H and O–H groups in total. The predicted molar refractivity (Wildman–Crippen MR) is 83.4 cm³/mol. The van der Waals surface area contributed by atoms with E-state index < -0.39 is 0 Å². The summed E-state index contributed by atoms with van der Waals surface area (Å²) in [6, 6.07) is 3.71. The molecule has 2 rings (SSSR count). The van der Waals surface area contributed by atoms with Crippen molar-refractivity contribution >= 4 is 38.9 Å². The quantitative estimate of drug-likeness (QED) is 0.869. The van der Waals surface area contributed by atoms with E-state index >= 15 is 0 Å². The molecule has 3 atom stereocenters. The molecule has 3 unspecified atom stereocenters. The molecule has 1 aliphatic rings. The van der Waals surface area contributed by atoms with Crippen LogP contribution in [-0.4, -0.2) is 23.5 Å². The van der Waals surface area contributed by atoms with Crippen molar-refractivity contribution in [2.75, 3.05) is 6.54 Å². The van der Waals surface area contributed by atoms with E-state index in [2.05, 4.69) is 40.7 Å². The molecule has 102 valence electrons. The van der Waals surface area contributed by atoms with Crippen LogP contribution in [0, 0.1) is 0 Å². The number of nitrogens with two attached hydrogens (primary N) is 1. The fourth-order valence-corrected chi connectivity index (χ4v) is 4.84. The molecule has 0 saturated carbocycles. The molecule has 5 heteroatoms. The molecule has 1 aromatic rings. The zero-order chi connectivity index (χ0) is 13.3. The average molecular weight is 352 g/mol. The third kappa shape index (κ3) is 2.78. The first-order chi connectivity index (χ1) is 8.58. The minimum absolute atomic E-state index is 0.307. The maximum atomic E-state index is 6.16. The van der Waals surface area contributed by atoms with Crippen LogP contribution < -0.4 is 5.73 Å². The Bertz CT molecular complexity index is 390. The normalized spacial score (nSPS) is 26.7. The van der Waals surface area contributed by atoms with Gasteiger partial charge in [-0.15, -0.1) is 11.3 Å². The highest BCUT2D eigenvalue weighted by atomic mass is 79.9. The molecule has 1 fully saturated rings. The topological polar surface area (TPSA) is 29.3 Å². The van der Waals surface area contributed by atoms with E-state index in [-0.39, 0.29) is 0 Å². The maximum absolute atomic E-state index is 6.16. The zero-order valence-corrected chi connectivity index (χ0v) is 14.0. The first-order valence-corrected chi connectivity index (χ1v) is 8.49. The molecule has 1 aliphatic heterocycles. The summed E-state index contributed by atoms with van der Waals surface area (Å²) in [7, 11) is 0. The van der Waals surface area contributed by atoms with Crippen LogP contribution in [0.4, 0.5) is 0 Å². The van der Waals surface area contributed by atoms with Gasteiger partial charge in [0.05, 0.1) is 6.04 Å². The fourth-order valence-electron chi connectivity index (χ4n) is 2.98. The molecule has 0 aromatic carbocycles. The van der Waals surface area contributed by atoms with Crippen molar-refractivity contribution in [3.8, 4) is 0 Å². The summed E-state index contributed by atoms with van der Waals surface area (Å²) in [6.45, 7) is 5.23. The van der Waals surface area contributed by atoms with Crippen LogP contribution in [0.3, 0.4) is 0 Å². The molecule has 1 aromatic heterocycles. The smallest absolute Gasteiger partial charge is 0.107 e. The molecular formula is C13H20BrClN2S. The summed E-state index contributed by atoms with van der Waals surface area (Å²) in [6.07, 6.45) is 3.75. The molecule has 0 radical (unpaired) electrons. The van der Waals surface area contributed by atoms with Crippen molar-refractivity contribution in [3.05, 3.63) is 19.8 Å². The van der Waals surface area contributed by atoms with Gasteiger partial charge >= 0.3 is 0 Å². The molecule has 1 saturated heterocycles. The van der Waals surface area contributed by atoms with Crippen LogP contribution in [0.25, 0.3) is 0 Å². The highest BCUT2D eigenvalue weighted by molar-refractivity contribution is 9.10. The second-order valence-corrected chi connectivity index (χ2v) is 7.50. The van der Waals surface area contributed by atoms with Crippen LogP contribution in [0.1, 0.15) is 44.0 Å². The van der Waals surface area contributed by atoms with Crippen LogP contribution in [0.2, 0.25) is 4.34 Å². The van der Waals surface area contributed by atoms with Gasteiger partial charge in [-0.3, -0.25) is 4.90 Å². The van der Waals surface area contributed by atoms with Gasteiger partial charge in [-0.25, -0.2) is 0 Å². The van der Waals surface area contributed by atoms with Gasteiger partial charge in [0.1, 0.15) is 4.34 Å². The summed E-state index contributed by atoms with van der Waals surface area (Å²) in [5.41, 5.74) is 6.03. The SMILES string of the molecule is CCC1CCC(C)N1C(CN)c1cc(Br)c(Cl)s1. The summed E-state index contributed by atoms with van der Waals surface area (Å²) in [5.74, 6) is 0. The maximum Gasteiger partial charge on any atom is 0.107 e. The molecule has 0 aliphatic carbocycles. The van der Waals surface area contributed by atoms with Crippen molar-refractivity contribution in [2.45, 2.75) is 51.2 Å². The highest BCUT2D eigenvalue weighted by Crippen LogP contribution is 2.41. The van der Waals surface area contributed by atoms with E-state index in [1.807, 2.05) is 0 Å². The Morgan fingerprint density at radius 1 is 1.61 bits per heavy atom. The lowest BCUT2D eigenvalue weighted by Crippen LogP contribution is -2.40. The number of hydrogen-bond donors (Lipinski definition) is 1. The summed E-state index contributed by atoms with van der Waals surface area (Å²) < 4.78 is 1.81. The lowest BCUT2D eigenvalue weighted by molar-refractivity contribution is 0.139. The number of hydrogen-bond acceptors (Lipinski definition) is 3. The summed E-state index contributed by atoms with van der Waals surface area (Å²) >= 11 is 11.3. The Labute approximate surface area is 127 Å². The van der Waals surface area contributed by atoms with Gasteiger partial charge in [0, 0.05) is 28.0 Å². The summed E-state index contributed by atoms with van der Waals surface area (Å²) in [5, 5.41) is 0. The second kappa shape index (κ2) is 6.23. The van der Waals surface area contributed by atoms with Crippen LogP contribution >= 0.6 is 38.9 Å². The standard InChI is InChI=1S/C13H20BrClN2S/c1-3-9-5-4-8(2)17(9)11(7-16)12-6-10(14)13(15)18-12/h6,8-9,11H,3-5,7,16H2,1-2H3. The molecule has 0 spiro atoms. The molecule has 0 amide bonds. The molecule has 2 heterocycles. The fraction of sp³-hybridized carbons (Fsp3) is 0.692. The van der Waals surface area contributed by atoms with Gasteiger partial charge in [0.25, 0.3) is 0 Å². The van der Waals surface area contributed by atoms with Gasteiger partial charge in [-0.1, -0.05) is 18.5 Å². The van der Waals surface area contributed by atoms with Gasteiger partial charge in [-0.2, -0.15) is 0 Å². The minimum Gasteiger partial charge on any atom is -0.329 e. The number of thiophene rings is 1. The summed E-state index contributed by atoms with van der Waals surface area (Å²) in [4.78, 5) is 3.87. The lowest BCUT2D eigenvalue weighted by atomic mass is 10.1. The highest BCUT2D eigenvalue weighted by Gasteiger charge is 2.35. The largest absolute Gasteiger partial charge is 0.329 e. The van der Waals surface area contributed by atoms with E-state index in [1.54, 1.807) is 11.3 Å². The second-order valence-electron chi connectivity index (χ2n) is 4.96. The van der Waals surface area contributed by atoms with Crippen molar-refractivity contribution in [1.82, 2.24) is 4.90 Å². The van der Waals surface area contributed by atoms with Gasteiger partial charge in [-0.05, 0) is 48.2 Å². The molecule has 0 bridgehead atoms. The zero-order valence-electron chi connectivity index (χ0n) is 10.8. The molecule has 18 heavy (non-hydrogen) atoms. The molecular weight excluding hydrogens is 332 g/mol. The van der Waals surface area contributed by atoms with E-state index in [9.17, 15) is 0 Å². The third-order valence-electron chi connectivity index (χ3n) is 3.90. The van der Waals surface area contributed by atoms with Crippen molar-refractivity contribution in [2.24, 2.45) is 5.73 Å². The number of nitrogens with zero attached hydrogens (tertiary/aromatic N) is 1. The lowest BCUT2D eigenvalue weighted by Gasteiger charge is -2.34. The van der Waals surface area contributed by atoms with E-state index in [0.717, 1.165) is 8.81 Å². The van der Waals surface area contributed by atoms with Crippen LogP contribution in [-0.2, 0) is 0 Å². The van der Waals surface area contributed by atoms with Crippen molar-refractivity contribution < 1.29 is 0 Å². The first kappa shape index (κ1) is 14.8. The Morgan fingerprint density at radius 3 is 2.83 bits per heavy atom. The van der Waals surface area contributed by atoms with Crippen LogP contribution in [0.5, 0.6) is 0 Å². The van der Waals surface area contributed by atoms with E-state index in [0.29, 0.717) is 24.7 Å². The van der Waals surface area contributed by atoms with Crippen molar-refractivity contribution in [3.63, 3.8) is 0 Å². The predicted octanol–water partition coefficient (Wildman–Crippen LogP) is 4.43. The minimum atomic E-state index is 0.307. The van der Waals surface area contributed by atoms with Crippen molar-refractivity contribution in [1.29, 1.82) is 0 Å². The average Bonchev–Trinajstić information content (AvgIpc) is 2.86. The van der Waals surface area contributed by atoms with Gasteiger partial charge in [0.15, 0.2) is 0 Å². The Balaban J connectivity index is 2.27. The first-order valence-electron chi connectivity index (χ1n) is 6.50. The number of halogens is 2. The monoisotopic (exact) mass is 350 g/mol. The van der Waals surface area contributed by atoms with E-state index in [4.69, 9.17) is 17.3 Å². The van der Waals surface area contributed by atoms with Crippen LogP contribution in [0.15, 0.2) is 10.5 Å². The number of rotatable bonds is 4. The van der Waals surface area contributed by atoms with Gasteiger partial charge < -0.3 is 5.73 Å². The Morgan fingerprint density at radius 2 is 2.33 bits per heavy atom. The molecule has 2 nitrogen and oxygen atoms in total. The third-order valence-corrected chi connectivity index (χ3v) is 6.47. The Hall–Kier alpha value is 0.390. The van der Waals surface area contributed by atoms with E-state index in [1.165, 1.54) is 24.1 Å². The Kier molecular flexibility index (Phi) is 5.12. The number of likely N-dealkylation sites (tertiary alicyclic amines) is 1. The van der Waals surface area contributed by atoms with Gasteiger partial charge in [0.2, 0.25) is 0 Å².